The number of aryl methyl sites for hydroxylation is 1. The highest BCUT2D eigenvalue weighted by Crippen LogP contribution is 2.20. The Bertz CT molecular complexity index is 600. The van der Waals surface area contributed by atoms with Crippen LogP contribution in [0, 0.1) is 6.92 Å². The number of rotatable bonds is 9. The van der Waals surface area contributed by atoms with E-state index in [1.54, 1.807) is 13.0 Å². The summed E-state index contributed by atoms with van der Waals surface area (Å²) >= 11 is 0. The molecule has 1 aromatic carbocycles. The molecule has 1 rings (SSSR count). The highest BCUT2D eigenvalue weighted by molar-refractivity contribution is 7.89. The smallest absolute Gasteiger partial charge is 0.241 e. The minimum absolute atomic E-state index is 0.115. The lowest BCUT2D eigenvalue weighted by atomic mass is 10.2. The third-order valence-electron chi connectivity index (χ3n) is 3.20. The van der Waals surface area contributed by atoms with Gasteiger partial charge in [0.2, 0.25) is 15.9 Å². The molecule has 0 aromatic heterocycles. The fourth-order valence-corrected chi connectivity index (χ4v) is 2.99. The van der Waals surface area contributed by atoms with Crippen molar-refractivity contribution in [2.45, 2.75) is 38.0 Å². The van der Waals surface area contributed by atoms with Crippen LogP contribution in [0.15, 0.2) is 23.1 Å². The van der Waals surface area contributed by atoms with E-state index < -0.39 is 10.0 Å². The van der Waals surface area contributed by atoms with Crippen molar-refractivity contribution in [2.24, 2.45) is 0 Å². The molecule has 0 heterocycles. The Morgan fingerprint density at radius 2 is 2.00 bits per heavy atom. The Morgan fingerprint density at radius 3 is 2.59 bits per heavy atom. The van der Waals surface area contributed by atoms with E-state index in [0.29, 0.717) is 12.3 Å². The number of hydrogen-bond donors (Lipinski definition) is 2. The molecule has 22 heavy (non-hydrogen) atoms. The standard InChI is InChI=1S/C15H24N2O4S/c1-4-5-6-9-16-15(18)11-17-22(19,20)13-7-8-14(21-3)12(2)10-13/h7-8,10,17H,4-6,9,11H2,1-3H3,(H,16,18). The zero-order valence-corrected chi connectivity index (χ0v) is 14.1. The molecule has 0 radical (unpaired) electrons. The van der Waals surface area contributed by atoms with Gasteiger partial charge >= 0.3 is 0 Å². The molecule has 0 saturated carbocycles. The minimum atomic E-state index is -3.70. The second-order valence-corrected chi connectivity index (χ2v) is 6.78. The summed E-state index contributed by atoms with van der Waals surface area (Å²) in [6, 6.07) is 4.56. The van der Waals surface area contributed by atoms with Crippen LogP contribution in [0.5, 0.6) is 5.75 Å². The maximum absolute atomic E-state index is 12.1. The van der Waals surface area contributed by atoms with Gasteiger partial charge in [-0.3, -0.25) is 4.79 Å². The average Bonchev–Trinajstić information content (AvgIpc) is 2.49. The third kappa shape index (κ3) is 5.65. The first-order valence-electron chi connectivity index (χ1n) is 7.31. The van der Waals surface area contributed by atoms with Gasteiger partial charge in [0.1, 0.15) is 5.75 Å². The zero-order chi connectivity index (χ0) is 16.6. The molecule has 0 atom stereocenters. The lowest BCUT2D eigenvalue weighted by Crippen LogP contribution is -2.37. The van der Waals surface area contributed by atoms with Gasteiger partial charge < -0.3 is 10.1 Å². The summed E-state index contributed by atoms with van der Waals surface area (Å²) in [5.74, 6) is 0.289. The first-order valence-corrected chi connectivity index (χ1v) is 8.80. The molecular formula is C15H24N2O4S. The number of carbonyl (C=O) groups is 1. The molecule has 6 nitrogen and oxygen atoms in total. The Morgan fingerprint density at radius 1 is 1.27 bits per heavy atom. The quantitative estimate of drug-likeness (QED) is 0.674. The maximum Gasteiger partial charge on any atom is 0.241 e. The highest BCUT2D eigenvalue weighted by atomic mass is 32.2. The average molecular weight is 328 g/mol. The van der Waals surface area contributed by atoms with Gasteiger partial charge in [-0.25, -0.2) is 13.1 Å². The number of amides is 1. The van der Waals surface area contributed by atoms with Gasteiger partial charge in [-0.1, -0.05) is 19.8 Å². The van der Waals surface area contributed by atoms with Crippen molar-refractivity contribution >= 4 is 15.9 Å². The lowest BCUT2D eigenvalue weighted by Gasteiger charge is -2.10. The van der Waals surface area contributed by atoms with Crippen molar-refractivity contribution in [3.8, 4) is 5.75 Å². The van der Waals surface area contributed by atoms with E-state index in [1.807, 2.05) is 0 Å². The van der Waals surface area contributed by atoms with Crippen molar-refractivity contribution < 1.29 is 17.9 Å². The molecule has 2 N–H and O–H groups in total. The molecule has 0 fully saturated rings. The molecule has 0 bridgehead atoms. The molecule has 0 aliphatic rings. The van der Waals surface area contributed by atoms with Crippen molar-refractivity contribution in [3.05, 3.63) is 23.8 Å². The number of ether oxygens (including phenoxy) is 1. The number of sulfonamides is 1. The van der Waals surface area contributed by atoms with Crippen LogP contribution in [0.25, 0.3) is 0 Å². The normalized spacial score (nSPS) is 11.2. The van der Waals surface area contributed by atoms with Crippen LogP contribution >= 0.6 is 0 Å². The van der Waals surface area contributed by atoms with E-state index in [0.717, 1.165) is 24.8 Å². The number of methoxy groups -OCH3 is 1. The zero-order valence-electron chi connectivity index (χ0n) is 13.3. The summed E-state index contributed by atoms with van der Waals surface area (Å²) in [7, 11) is -2.18. The van der Waals surface area contributed by atoms with Crippen LogP contribution in [-0.2, 0) is 14.8 Å². The topological polar surface area (TPSA) is 84.5 Å². The molecule has 0 spiro atoms. The molecule has 0 aliphatic heterocycles. The van der Waals surface area contributed by atoms with Gasteiger partial charge in [0.15, 0.2) is 0 Å². The number of unbranched alkanes of at least 4 members (excludes halogenated alkanes) is 2. The summed E-state index contributed by atoms with van der Waals surface area (Å²) in [5.41, 5.74) is 0.717. The van der Waals surface area contributed by atoms with Crippen molar-refractivity contribution in [3.63, 3.8) is 0 Å². The minimum Gasteiger partial charge on any atom is -0.496 e. The van der Waals surface area contributed by atoms with Gasteiger partial charge in [0.25, 0.3) is 0 Å². The predicted octanol–water partition coefficient (Wildman–Crippen LogP) is 1.59. The second kappa shape index (κ2) is 8.75. The van der Waals surface area contributed by atoms with E-state index in [4.69, 9.17) is 4.74 Å². The van der Waals surface area contributed by atoms with Crippen LogP contribution in [0.1, 0.15) is 31.7 Å². The van der Waals surface area contributed by atoms with Crippen LogP contribution in [0.3, 0.4) is 0 Å². The largest absolute Gasteiger partial charge is 0.496 e. The predicted molar refractivity (Wildman–Crippen MR) is 85.5 cm³/mol. The van der Waals surface area contributed by atoms with Gasteiger partial charge in [0.05, 0.1) is 18.6 Å². The van der Waals surface area contributed by atoms with E-state index >= 15 is 0 Å². The SMILES string of the molecule is CCCCCNC(=O)CNS(=O)(=O)c1ccc(OC)c(C)c1. The van der Waals surface area contributed by atoms with E-state index in [9.17, 15) is 13.2 Å². The summed E-state index contributed by atoms with van der Waals surface area (Å²) < 4.78 is 31.7. The molecule has 0 aliphatic carbocycles. The van der Waals surface area contributed by atoms with Gasteiger partial charge in [-0.15, -0.1) is 0 Å². The van der Waals surface area contributed by atoms with E-state index in [1.165, 1.54) is 19.2 Å². The van der Waals surface area contributed by atoms with Crippen molar-refractivity contribution in [1.29, 1.82) is 0 Å². The Balaban J connectivity index is 2.57. The molecule has 1 amide bonds. The van der Waals surface area contributed by atoms with Crippen LogP contribution in [0.4, 0.5) is 0 Å². The van der Waals surface area contributed by atoms with Gasteiger partial charge in [0, 0.05) is 6.54 Å². The van der Waals surface area contributed by atoms with Crippen molar-refractivity contribution in [1.82, 2.24) is 10.0 Å². The number of nitrogens with one attached hydrogen (secondary N) is 2. The summed E-state index contributed by atoms with van der Waals surface area (Å²) in [4.78, 5) is 11.7. The Labute approximate surface area is 132 Å². The first-order chi connectivity index (χ1) is 10.4. The maximum atomic E-state index is 12.1. The molecule has 7 heteroatoms. The molecule has 1 aromatic rings. The number of carbonyl (C=O) groups excluding carboxylic acids is 1. The van der Waals surface area contributed by atoms with Crippen LogP contribution in [-0.4, -0.2) is 34.5 Å². The van der Waals surface area contributed by atoms with E-state index in [-0.39, 0.29) is 17.3 Å². The van der Waals surface area contributed by atoms with Crippen LogP contribution < -0.4 is 14.8 Å². The molecule has 124 valence electrons. The molecule has 0 unspecified atom stereocenters. The Kier molecular flexibility index (Phi) is 7.34. The molecule has 0 saturated heterocycles. The van der Waals surface area contributed by atoms with E-state index in [2.05, 4.69) is 17.0 Å². The van der Waals surface area contributed by atoms with Gasteiger partial charge in [-0.2, -0.15) is 0 Å². The highest BCUT2D eigenvalue weighted by Gasteiger charge is 2.16. The second-order valence-electron chi connectivity index (χ2n) is 5.01. The summed E-state index contributed by atoms with van der Waals surface area (Å²) in [6.07, 6.45) is 3.00. The monoisotopic (exact) mass is 328 g/mol. The number of benzene rings is 1. The first kappa shape index (κ1) is 18.4. The fraction of sp³-hybridized carbons (Fsp3) is 0.533. The lowest BCUT2D eigenvalue weighted by molar-refractivity contribution is -0.119. The van der Waals surface area contributed by atoms with Crippen LogP contribution in [0.2, 0.25) is 0 Å². The number of hydrogen-bond acceptors (Lipinski definition) is 4. The van der Waals surface area contributed by atoms with Crippen molar-refractivity contribution in [2.75, 3.05) is 20.2 Å². The summed E-state index contributed by atoms with van der Waals surface area (Å²) in [5, 5.41) is 2.69. The summed E-state index contributed by atoms with van der Waals surface area (Å²) in [6.45, 7) is 4.14. The fourth-order valence-electron chi connectivity index (χ4n) is 1.93. The Hall–Kier alpha value is -1.60. The third-order valence-corrected chi connectivity index (χ3v) is 4.60. The molecular weight excluding hydrogens is 304 g/mol. The van der Waals surface area contributed by atoms with Gasteiger partial charge in [-0.05, 0) is 37.1 Å².